The van der Waals surface area contributed by atoms with Gasteiger partial charge in [-0.05, 0) is 66.9 Å². The fraction of sp³-hybridized carbons (Fsp3) is 0.152. The molecule has 1 aliphatic heterocycles. The number of amides is 3. The molecular formula is C33H29N3O5. The Morgan fingerprint density at radius 3 is 2.24 bits per heavy atom. The van der Waals surface area contributed by atoms with E-state index in [2.05, 4.69) is 5.32 Å². The molecule has 0 radical (unpaired) electrons. The van der Waals surface area contributed by atoms with Crippen LogP contribution in [0.5, 0.6) is 0 Å². The third kappa shape index (κ3) is 5.72. The molecule has 0 saturated carbocycles. The number of carboxylic acids is 1. The number of carbonyl (C=O) groups excluding carboxylic acids is 3. The number of carboxylic acid groups (broad SMARTS) is 1. The molecule has 0 aromatic heterocycles. The number of para-hydroxylation sites is 2. The van der Waals surface area contributed by atoms with Crippen molar-refractivity contribution in [3.63, 3.8) is 0 Å². The van der Waals surface area contributed by atoms with E-state index in [9.17, 15) is 24.3 Å². The molecule has 41 heavy (non-hydrogen) atoms. The average molecular weight is 548 g/mol. The van der Waals surface area contributed by atoms with Crippen molar-refractivity contribution in [1.29, 1.82) is 0 Å². The minimum absolute atomic E-state index is 0.0127. The van der Waals surface area contributed by atoms with Gasteiger partial charge >= 0.3 is 5.97 Å². The fourth-order valence-electron chi connectivity index (χ4n) is 4.99. The molecule has 1 heterocycles. The first-order chi connectivity index (χ1) is 19.7. The quantitative estimate of drug-likeness (QED) is 0.323. The minimum atomic E-state index is -1.14. The first-order valence-electron chi connectivity index (χ1n) is 13.2. The van der Waals surface area contributed by atoms with Gasteiger partial charge in [0, 0.05) is 29.8 Å². The zero-order chi connectivity index (χ0) is 29.1. The van der Waals surface area contributed by atoms with Gasteiger partial charge in [0.25, 0.3) is 11.8 Å². The Morgan fingerprint density at radius 1 is 0.854 bits per heavy atom. The minimum Gasteiger partial charge on any atom is -0.480 e. The van der Waals surface area contributed by atoms with Gasteiger partial charge in [-0.25, -0.2) is 0 Å². The maximum absolute atomic E-state index is 13.7. The van der Waals surface area contributed by atoms with Crippen LogP contribution in [0, 0.1) is 13.8 Å². The van der Waals surface area contributed by atoms with Crippen LogP contribution in [0.1, 0.15) is 38.3 Å². The number of carbonyl (C=O) groups is 4. The lowest BCUT2D eigenvalue weighted by Crippen LogP contribution is -2.35. The lowest BCUT2D eigenvalue weighted by molar-refractivity contribution is -0.136. The molecule has 206 valence electrons. The van der Waals surface area contributed by atoms with Crippen molar-refractivity contribution in [3.8, 4) is 11.1 Å². The molecule has 0 spiro atoms. The summed E-state index contributed by atoms with van der Waals surface area (Å²) in [6, 6.07) is 27.2. The van der Waals surface area contributed by atoms with Crippen LogP contribution < -0.4 is 15.1 Å². The molecule has 8 nitrogen and oxygen atoms in total. The SMILES string of the molecule is Cc1ccc(-c2ccccc2C(=O)Nc2ccc(C(=O)N3CCC(=O)N(CC(=O)O)c4ccccc43)cc2C)cc1. The van der Waals surface area contributed by atoms with Crippen molar-refractivity contribution in [1.82, 2.24) is 0 Å². The van der Waals surface area contributed by atoms with Gasteiger partial charge in [-0.3, -0.25) is 24.1 Å². The van der Waals surface area contributed by atoms with E-state index in [1.165, 1.54) is 9.80 Å². The molecule has 0 atom stereocenters. The number of aliphatic carboxylic acids is 1. The van der Waals surface area contributed by atoms with E-state index >= 15 is 0 Å². The third-order valence-corrected chi connectivity index (χ3v) is 7.11. The predicted octanol–water partition coefficient (Wildman–Crippen LogP) is 5.69. The van der Waals surface area contributed by atoms with Gasteiger partial charge in [0.15, 0.2) is 0 Å². The number of nitrogens with zero attached hydrogens (tertiary/aromatic N) is 2. The Balaban J connectivity index is 1.39. The van der Waals surface area contributed by atoms with Gasteiger partial charge in [-0.2, -0.15) is 0 Å². The van der Waals surface area contributed by atoms with Gasteiger partial charge in [-0.1, -0.05) is 60.2 Å². The summed E-state index contributed by atoms with van der Waals surface area (Å²) >= 11 is 0. The number of rotatable bonds is 6. The van der Waals surface area contributed by atoms with Crippen molar-refractivity contribution in [2.24, 2.45) is 0 Å². The zero-order valence-electron chi connectivity index (χ0n) is 22.8. The summed E-state index contributed by atoms with van der Waals surface area (Å²) in [6.45, 7) is 3.45. The standard InChI is InChI=1S/C33H29N3O5/c1-21-11-13-23(14-12-21)25-7-3-4-8-26(25)32(40)34-27-16-15-24(19-22(27)2)33(41)35-18-17-30(37)36(20-31(38)39)29-10-6-5-9-28(29)35/h3-16,19H,17-18,20H2,1-2H3,(H,34,40)(H,38,39). The summed E-state index contributed by atoms with van der Waals surface area (Å²) in [4.78, 5) is 53.9. The summed E-state index contributed by atoms with van der Waals surface area (Å²) in [7, 11) is 0. The van der Waals surface area contributed by atoms with Crippen LogP contribution in [0.25, 0.3) is 11.1 Å². The Bertz CT molecular complexity index is 1660. The second-order valence-electron chi connectivity index (χ2n) is 9.96. The highest BCUT2D eigenvalue weighted by molar-refractivity contribution is 6.13. The van der Waals surface area contributed by atoms with Crippen LogP contribution in [0.15, 0.2) is 91.0 Å². The van der Waals surface area contributed by atoms with Crippen molar-refractivity contribution in [2.75, 3.05) is 28.2 Å². The molecule has 0 bridgehead atoms. The maximum Gasteiger partial charge on any atom is 0.323 e. The van der Waals surface area contributed by atoms with Crippen LogP contribution in [0.2, 0.25) is 0 Å². The van der Waals surface area contributed by atoms with E-state index in [4.69, 9.17) is 0 Å². The van der Waals surface area contributed by atoms with Crippen molar-refractivity contribution in [2.45, 2.75) is 20.3 Å². The van der Waals surface area contributed by atoms with Crippen LogP contribution in [-0.4, -0.2) is 41.9 Å². The normalized spacial score (nSPS) is 12.9. The Kier molecular flexibility index (Phi) is 7.65. The lowest BCUT2D eigenvalue weighted by Gasteiger charge is -2.25. The maximum atomic E-state index is 13.7. The Hall–Kier alpha value is -5.24. The number of hydrogen-bond donors (Lipinski definition) is 2. The van der Waals surface area contributed by atoms with Crippen LogP contribution in [-0.2, 0) is 9.59 Å². The lowest BCUT2D eigenvalue weighted by atomic mass is 9.98. The van der Waals surface area contributed by atoms with E-state index in [-0.39, 0.29) is 30.7 Å². The summed E-state index contributed by atoms with van der Waals surface area (Å²) in [6.07, 6.45) is -0.0127. The molecule has 4 aromatic carbocycles. The largest absolute Gasteiger partial charge is 0.480 e. The smallest absolute Gasteiger partial charge is 0.323 e. The number of anilines is 3. The van der Waals surface area contributed by atoms with E-state index in [1.807, 2.05) is 56.3 Å². The third-order valence-electron chi connectivity index (χ3n) is 7.11. The number of hydrogen-bond acceptors (Lipinski definition) is 4. The summed E-state index contributed by atoms with van der Waals surface area (Å²) in [5.41, 5.74) is 5.92. The van der Waals surface area contributed by atoms with E-state index < -0.39 is 12.5 Å². The molecule has 8 heteroatoms. The topological polar surface area (TPSA) is 107 Å². The van der Waals surface area contributed by atoms with E-state index in [0.717, 1.165) is 16.7 Å². The second kappa shape index (κ2) is 11.5. The predicted molar refractivity (Wildman–Crippen MR) is 158 cm³/mol. The van der Waals surface area contributed by atoms with Crippen LogP contribution in [0.3, 0.4) is 0 Å². The Morgan fingerprint density at radius 2 is 1.54 bits per heavy atom. The van der Waals surface area contributed by atoms with Crippen molar-refractivity contribution >= 4 is 40.8 Å². The highest BCUT2D eigenvalue weighted by atomic mass is 16.4. The summed E-state index contributed by atoms with van der Waals surface area (Å²) in [5.74, 6) is -2.09. The monoisotopic (exact) mass is 547 g/mol. The van der Waals surface area contributed by atoms with E-state index in [1.54, 1.807) is 48.5 Å². The molecule has 1 aliphatic rings. The highest BCUT2D eigenvalue weighted by Crippen LogP contribution is 2.34. The van der Waals surface area contributed by atoms with Crippen molar-refractivity contribution < 1.29 is 24.3 Å². The molecule has 0 fully saturated rings. The first kappa shape index (κ1) is 27.3. The molecule has 2 N–H and O–H groups in total. The molecule has 0 saturated heterocycles. The number of fused-ring (bicyclic) bond motifs is 1. The highest BCUT2D eigenvalue weighted by Gasteiger charge is 2.31. The van der Waals surface area contributed by atoms with Crippen molar-refractivity contribution in [3.05, 3.63) is 113 Å². The van der Waals surface area contributed by atoms with Crippen LogP contribution >= 0.6 is 0 Å². The summed E-state index contributed by atoms with van der Waals surface area (Å²) in [5, 5.41) is 12.3. The second-order valence-corrected chi connectivity index (χ2v) is 9.96. The van der Waals surface area contributed by atoms with Gasteiger partial charge in [0.05, 0.1) is 11.4 Å². The molecular weight excluding hydrogens is 518 g/mol. The fourth-order valence-corrected chi connectivity index (χ4v) is 4.99. The number of benzene rings is 4. The van der Waals surface area contributed by atoms with Crippen LogP contribution in [0.4, 0.5) is 17.1 Å². The number of aryl methyl sites for hydroxylation is 2. The molecule has 0 unspecified atom stereocenters. The van der Waals surface area contributed by atoms with Gasteiger partial charge in [0.1, 0.15) is 6.54 Å². The molecule has 4 aromatic rings. The van der Waals surface area contributed by atoms with Gasteiger partial charge in [0.2, 0.25) is 5.91 Å². The Labute approximate surface area is 237 Å². The molecule has 5 rings (SSSR count). The summed E-state index contributed by atoms with van der Waals surface area (Å²) < 4.78 is 0. The average Bonchev–Trinajstić information content (AvgIpc) is 3.10. The van der Waals surface area contributed by atoms with Gasteiger partial charge in [-0.15, -0.1) is 0 Å². The zero-order valence-corrected chi connectivity index (χ0v) is 22.8. The van der Waals surface area contributed by atoms with Gasteiger partial charge < -0.3 is 15.3 Å². The molecule has 0 aliphatic carbocycles. The first-order valence-corrected chi connectivity index (χ1v) is 13.2. The van der Waals surface area contributed by atoms with E-state index in [0.29, 0.717) is 33.8 Å². The number of nitrogens with one attached hydrogen (secondary N) is 1. The molecule has 3 amide bonds.